The predicted octanol–water partition coefficient (Wildman–Crippen LogP) is 0.764. The van der Waals surface area contributed by atoms with Crippen molar-refractivity contribution in [2.24, 2.45) is 0 Å². The van der Waals surface area contributed by atoms with Crippen LogP contribution in [0.5, 0.6) is 0 Å². The van der Waals surface area contributed by atoms with Crippen LogP contribution in [0.4, 0.5) is 10.1 Å². The molecule has 7 nitrogen and oxygen atoms in total. The summed E-state index contributed by atoms with van der Waals surface area (Å²) in [7, 11) is -4.06. The lowest BCUT2D eigenvalue weighted by Gasteiger charge is -2.24. The van der Waals surface area contributed by atoms with Crippen LogP contribution < -0.4 is 10.0 Å². The maximum Gasteiger partial charge on any atom is 0.272 e. The molecule has 1 aromatic carbocycles. The van der Waals surface area contributed by atoms with Gasteiger partial charge >= 0.3 is 0 Å². The zero-order valence-electron chi connectivity index (χ0n) is 10.7. The van der Waals surface area contributed by atoms with Crippen molar-refractivity contribution in [3.05, 3.63) is 34.1 Å². The number of rotatable bonds is 4. The van der Waals surface area contributed by atoms with Crippen LogP contribution >= 0.6 is 0 Å². The zero-order chi connectivity index (χ0) is 15.0. The first-order valence-corrected chi connectivity index (χ1v) is 7.40. The number of non-ortho nitro benzene ring substituents is 1. The molecule has 0 aromatic heterocycles. The molecule has 20 heavy (non-hydrogen) atoms. The van der Waals surface area contributed by atoms with Crippen LogP contribution in [-0.4, -0.2) is 32.0 Å². The van der Waals surface area contributed by atoms with Gasteiger partial charge in [-0.3, -0.25) is 10.1 Å². The van der Waals surface area contributed by atoms with Gasteiger partial charge in [0.15, 0.2) is 0 Å². The van der Waals surface area contributed by atoms with Gasteiger partial charge < -0.3 is 5.32 Å². The van der Waals surface area contributed by atoms with Crippen molar-refractivity contribution >= 4 is 15.7 Å². The van der Waals surface area contributed by atoms with E-state index in [1.54, 1.807) is 6.92 Å². The van der Waals surface area contributed by atoms with Gasteiger partial charge in [0.1, 0.15) is 10.7 Å². The van der Waals surface area contributed by atoms with Gasteiger partial charge in [-0.15, -0.1) is 0 Å². The van der Waals surface area contributed by atoms with E-state index in [4.69, 9.17) is 0 Å². The number of hydrogen-bond donors (Lipinski definition) is 2. The standard InChI is InChI=1S/C11H14FN3O4S/c1-11(4-5-13-7-11)14-20(18,19)10-3-2-8(15(16)17)6-9(10)12/h2-3,6,13-14H,4-5,7H2,1H3. The summed E-state index contributed by atoms with van der Waals surface area (Å²) >= 11 is 0. The predicted molar refractivity (Wildman–Crippen MR) is 69.3 cm³/mol. The van der Waals surface area contributed by atoms with E-state index >= 15 is 0 Å². The van der Waals surface area contributed by atoms with E-state index in [9.17, 15) is 22.9 Å². The first kappa shape index (κ1) is 14.8. The molecule has 2 rings (SSSR count). The van der Waals surface area contributed by atoms with E-state index < -0.39 is 36.9 Å². The van der Waals surface area contributed by atoms with Crippen LogP contribution in [0, 0.1) is 15.9 Å². The van der Waals surface area contributed by atoms with Crippen LogP contribution in [0.2, 0.25) is 0 Å². The minimum absolute atomic E-state index is 0.445. The normalized spacial score (nSPS) is 22.9. The van der Waals surface area contributed by atoms with Crippen molar-refractivity contribution in [3.8, 4) is 0 Å². The van der Waals surface area contributed by atoms with Gasteiger partial charge in [-0.05, 0) is 26.0 Å². The number of nitrogens with zero attached hydrogens (tertiary/aromatic N) is 1. The van der Waals surface area contributed by atoms with Crippen molar-refractivity contribution in [1.29, 1.82) is 0 Å². The Morgan fingerprint density at radius 1 is 1.50 bits per heavy atom. The highest BCUT2D eigenvalue weighted by Gasteiger charge is 2.34. The molecule has 1 atom stereocenters. The van der Waals surface area contributed by atoms with Crippen LogP contribution in [-0.2, 0) is 10.0 Å². The fraction of sp³-hybridized carbons (Fsp3) is 0.455. The van der Waals surface area contributed by atoms with Crippen molar-refractivity contribution in [2.75, 3.05) is 13.1 Å². The largest absolute Gasteiger partial charge is 0.315 e. The second-order valence-corrected chi connectivity index (χ2v) is 6.62. The van der Waals surface area contributed by atoms with Gasteiger partial charge in [0.05, 0.1) is 11.0 Å². The van der Waals surface area contributed by atoms with Crippen molar-refractivity contribution in [1.82, 2.24) is 10.0 Å². The molecule has 1 fully saturated rings. The molecule has 1 saturated heterocycles. The highest BCUT2D eigenvalue weighted by atomic mass is 32.2. The number of nitro groups is 1. The molecule has 9 heteroatoms. The summed E-state index contributed by atoms with van der Waals surface area (Å²) < 4.78 is 40.5. The number of benzene rings is 1. The third-order valence-electron chi connectivity index (χ3n) is 3.17. The van der Waals surface area contributed by atoms with Crippen LogP contribution in [0.25, 0.3) is 0 Å². The highest BCUT2D eigenvalue weighted by molar-refractivity contribution is 7.89. The maximum atomic E-state index is 13.8. The third kappa shape index (κ3) is 2.94. The van der Waals surface area contributed by atoms with Crippen molar-refractivity contribution in [3.63, 3.8) is 0 Å². The van der Waals surface area contributed by atoms with Gasteiger partial charge in [0.2, 0.25) is 10.0 Å². The minimum atomic E-state index is -4.06. The second-order valence-electron chi connectivity index (χ2n) is 4.96. The monoisotopic (exact) mass is 303 g/mol. The fourth-order valence-corrected chi connectivity index (χ4v) is 3.60. The van der Waals surface area contributed by atoms with E-state index in [0.29, 0.717) is 25.6 Å². The highest BCUT2D eigenvalue weighted by Crippen LogP contribution is 2.23. The van der Waals surface area contributed by atoms with Gasteiger partial charge in [-0.25, -0.2) is 17.5 Å². The molecule has 0 bridgehead atoms. The average molecular weight is 303 g/mol. The summed E-state index contributed by atoms with van der Waals surface area (Å²) in [6.45, 7) is 2.83. The van der Waals surface area contributed by atoms with Crippen LogP contribution in [0.3, 0.4) is 0 Å². The third-order valence-corrected chi connectivity index (χ3v) is 4.84. The summed E-state index contributed by atoms with van der Waals surface area (Å²) in [6.07, 6.45) is 0.584. The first-order valence-electron chi connectivity index (χ1n) is 5.92. The van der Waals surface area contributed by atoms with E-state index in [1.807, 2.05) is 0 Å². The van der Waals surface area contributed by atoms with Crippen LogP contribution in [0.15, 0.2) is 23.1 Å². The molecule has 110 valence electrons. The number of sulfonamides is 1. The fourth-order valence-electron chi connectivity index (χ4n) is 2.10. The van der Waals surface area contributed by atoms with Gasteiger partial charge in [-0.2, -0.15) is 0 Å². The van der Waals surface area contributed by atoms with E-state index in [0.717, 1.165) is 12.1 Å². The van der Waals surface area contributed by atoms with E-state index in [2.05, 4.69) is 10.0 Å². The molecule has 0 spiro atoms. The molecule has 2 N–H and O–H groups in total. The molecule has 0 aliphatic carbocycles. The molecular weight excluding hydrogens is 289 g/mol. The Hall–Kier alpha value is -1.58. The quantitative estimate of drug-likeness (QED) is 0.632. The van der Waals surface area contributed by atoms with Gasteiger partial charge in [-0.1, -0.05) is 0 Å². The molecular formula is C11H14FN3O4S. The van der Waals surface area contributed by atoms with E-state index in [-0.39, 0.29) is 0 Å². The Morgan fingerprint density at radius 2 is 2.20 bits per heavy atom. The molecule has 1 aliphatic rings. The molecule has 1 unspecified atom stereocenters. The Labute approximate surface area is 115 Å². The SMILES string of the molecule is CC1(NS(=O)(=O)c2ccc([N+](=O)[O-])cc2F)CCNC1. The number of nitrogens with one attached hydrogen (secondary N) is 2. The maximum absolute atomic E-state index is 13.8. The summed E-state index contributed by atoms with van der Waals surface area (Å²) in [6, 6.07) is 2.47. The summed E-state index contributed by atoms with van der Waals surface area (Å²) in [5, 5.41) is 13.5. The Morgan fingerprint density at radius 3 is 2.70 bits per heavy atom. The average Bonchev–Trinajstić information content (AvgIpc) is 2.74. The van der Waals surface area contributed by atoms with E-state index in [1.165, 1.54) is 0 Å². The molecule has 0 saturated carbocycles. The molecule has 1 aromatic rings. The molecule has 1 heterocycles. The van der Waals surface area contributed by atoms with Crippen molar-refractivity contribution in [2.45, 2.75) is 23.8 Å². The molecule has 0 amide bonds. The molecule has 0 radical (unpaired) electrons. The lowest BCUT2D eigenvalue weighted by molar-refractivity contribution is -0.385. The molecule has 1 aliphatic heterocycles. The summed E-state index contributed by atoms with van der Waals surface area (Å²) in [5.74, 6) is -1.14. The Bertz CT molecular complexity index is 641. The smallest absolute Gasteiger partial charge is 0.272 e. The zero-order valence-corrected chi connectivity index (χ0v) is 11.5. The minimum Gasteiger partial charge on any atom is -0.315 e. The number of nitro benzene ring substituents is 1. The van der Waals surface area contributed by atoms with Gasteiger partial charge in [0.25, 0.3) is 5.69 Å². The van der Waals surface area contributed by atoms with Crippen molar-refractivity contribution < 1.29 is 17.7 Å². The first-order chi connectivity index (χ1) is 9.23. The lowest BCUT2D eigenvalue weighted by Crippen LogP contribution is -2.47. The Balaban J connectivity index is 2.32. The topological polar surface area (TPSA) is 101 Å². The second kappa shape index (κ2) is 5.08. The summed E-state index contributed by atoms with van der Waals surface area (Å²) in [5.41, 5.74) is -1.18. The number of hydrogen-bond acceptors (Lipinski definition) is 5. The van der Waals surface area contributed by atoms with Crippen LogP contribution in [0.1, 0.15) is 13.3 Å². The Kier molecular flexibility index (Phi) is 3.76. The number of halogens is 1. The summed E-state index contributed by atoms with van der Waals surface area (Å²) in [4.78, 5) is 9.14. The lowest BCUT2D eigenvalue weighted by atomic mass is 10.0. The van der Waals surface area contributed by atoms with Gasteiger partial charge in [0, 0.05) is 18.2 Å².